The van der Waals surface area contributed by atoms with Crippen LogP contribution in [0.15, 0.2) is 60.8 Å². The Morgan fingerprint density at radius 3 is 2.88 bits per heavy atom. The molecule has 2 heterocycles. The second kappa shape index (κ2) is 7.04. The van der Waals surface area contributed by atoms with E-state index in [2.05, 4.69) is 14.9 Å². The molecular formula is C21H21N3O2. The number of hydrogen-bond donors (Lipinski definition) is 1. The van der Waals surface area contributed by atoms with Gasteiger partial charge in [0.15, 0.2) is 6.10 Å². The van der Waals surface area contributed by atoms with Crippen molar-refractivity contribution in [2.45, 2.75) is 32.4 Å². The first-order chi connectivity index (χ1) is 12.7. The number of carbonyl (C=O) groups is 1. The standard InChI is InChI=1S/C21H21N3O2/c1-15(26-18-9-3-2-4-10-18)21(25)23-17-8-5-7-16(13-17)19-14-22-20-11-6-12-24(19)20/h2-5,7-10,13-15H,6,11-12H2,1H3,(H,23,25)/t15-/m0/s1. The van der Waals surface area contributed by atoms with Gasteiger partial charge in [0.2, 0.25) is 0 Å². The molecule has 26 heavy (non-hydrogen) atoms. The van der Waals surface area contributed by atoms with Gasteiger partial charge in [-0.25, -0.2) is 4.98 Å². The van der Waals surface area contributed by atoms with E-state index in [-0.39, 0.29) is 5.91 Å². The van der Waals surface area contributed by atoms with E-state index in [4.69, 9.17) is 4.74 Å². The third-order valence-corrected chi connectivity index (χ3v) is 4.57. The van der Waals surface area contributed by atoms with E-state index in [0.717, 1.165) is 42.2 Å². The second-order valence-electron chi connectivity index (χ2n) is 6.46. The highest BCUT2D eigenvalue weighted by atomic mass is 16.5. The number of amides is 1. The van der Waals surface area contributed by atoms with Crippen molar-refractivity contribution in [3.63, 3.8) is 0 Å². The lowest BCUT2D eigenvalue weighted by atomic mass is 10.1. The molecule has 0 bridgehead atoms. The minimum absolute atomic E-state index is 0.176. The normalized spacial score (nSPS) is 13.9. The molecule has 5 nitrogen and oxygen atoms in total. The zero-order valence-corrected chi connectivity index (χ0v) is 14.7. The van der Waals surface area contributed by atoms with Gasteiger partial charge >= 0.3 is 0 Å². The number of para-hydroxylation sites is 1. The predicted octanol–water partition coefficient (Wildman–Crippen LogP) is 3.90. The molecule has 0 spiro atoms. The van der Waals surface area contributed by atoms with Crippen LogP contribution in [0.5, 0.6) is 5.75 Å². The number of aryl methyl sites for hydroxylation is 1. The monoisotopic (exact) mass is 347 g/mol. The smallest absolute Gasteiger partial charge is 0.265 e. The van der Waals surface area contributed by atoms with E-state index < -0.39 is 6.10 Å². The summed E-state index contributed by atoms with van der Waals surface area (Å²) in [6.07, 6.45) is 3.50. The topological polar surface area (TPSA) is 56.1 Å². The van der Waals surface area contributed by atoms with E-state index in [1.807, 2.05) is 60.8 Å². The minimum atomic E-state index is -0.583. The van der Waals surface area contributed by atoms with Crippen molar-refractivity contribution in [1.29, 1.82) is 0 Å². The first-order valence-corrected chi connectivity index (χ1v) is 8.88. The molecule has 0 unspecified atom stereocenters. The van der Waals surface area contributed by atoms with Gasteiger partial charge in [0.25, 0.3) is 5.91 Å². The fourth-order valence-electron chi connectivity index (χ4n) is 3.25. The van der Waals surface area contributed by atoms with Crippen LogP contribution < -0.4 is 10.1 Å². The number of nitrogens with zero attached hydrogens (tertiary/aromatic N) is 2. The molecule has 1 amide bonds. The first kappa shape index (κ1) is 16.4. The zero-order chi connectivity index (χ0) is 17.9. The number of carbonyl (C=O) groups excluding carboxylic acids is 1. The van der Waals surface area contributed by atoms with Crippen molar-refractivity contribution in [3.05, 3.63) is 66.6 Å². The lowest BCUT2D eigenvalue weighted by Gasteiger charge is -2.15. The van der Waals surface area contributed by atoms with Crippen LogP contribution in [0.4, 0.5) is 5.69 Å². The summed E-state index contributed by atoms with van der Waals surface area (Å²) in [7, 11) is 0. The van der Waals surface area contributed by atoms with Crippen LogP contribution in [0.2, 0.25) is 0 Å². The van der Waals surface area contributed by atoms with Crippen molar-refractivity contribution < 1.29 is 9.53 Å². The van der Waals surface area contributed by atoms with E-state index in [1.165, 1.54) is 0 Å². The Hall–Kier alpha value is -3.08. The number of ether oxygens (including phenoxy) is 1. The average molecular weight is 347 g/mol. The fourth-order valence-corrected chi connectivity index (χ4v) is 3.25. The summed E-state index contributed by atoms with van der Waals surface area (Å²) >= 11 is 0. The van der Waals surface area contributed by atoms with Crippen LogP contribution in [-0.2, 0) is 17.8 Å². The van der Waals surface area contributed by atoms with E-state index >= 15 is 0 Å². The number of imidazole rings is 1. The Balaban J connectivity index is 1.47. The Morgan fingerprint density at radius 2 is 2.04 bits per heavy atom. The van der Waals surface area contributed by atoms with E-state index in [0.29, 0.717) is 5.75 Å². The van der Waals surface area contributed by atoms with Crippen molar-refractivity contribution >= 4 is 11.6 Å². The van der Waals surface area contributed by atoms with Crippen molar-refractivity contribution in [1.82, 2.24) is 9.55 Å². The summed E-state index contributed by atoms with van der Waals surface area (Å²) in [6, 6.07) is 17.2. The van der Waals surface area contributed by atoms with Crippen molar-refractivity contribution in [2.24, 2.45) is 0 Å². The third-order valence-electron chi connectivity index (χ3n) is 4.57. The number of nitrogens with one attached hydrogen (secondary N) is 1. The van der Waals surface area contributed by atoms with Gasteiger partial charge in [-0.05, 0) is 37.6 Å². The predicted molar refractivity (Wildman–Crippen MR) is 101 cm³/mol. The molecule has 0 fully saturated rings. The van der Waals surface area contributed by atoms with Gasteiger partial charge in [-0.2, -0.15) is 0 Å². The van der Waals surface area contributed by atoms with Gasteiger partial charge in [0.05, 0.1) is 11.9 Å². The Morgan fingerprint density at radius 1 is 1.19 bits per heavy atom. The van der Waals surface area contributed by atoms with Crippen molar-refractivity contribution in [2.75, 3.05) is 5.32 Å². The van der Waals surface area contributed by atoms with Gasteiger partial charge in [-0.1, -0.05) is 30.3 Å². The van der Waals surface area contributed by atoms with Crippen LogP contribution in [0.3, 0.4) is 0 Å². The van der Waals surface area contributed by atoms with Gasteiger partial charge in [0, 0.05) is 24.2 Å². The SMILES string of the molecule is C[C@H](Oc1ccccc1)C(=O)Nc1cccc(-c2cnc3n2CCC3)c1. The fraction of sp³-hybridized carbons (Fsp3) is 0.238. The summed E-state index contributed by atoms with van der Waals surface area (Å²) in [5, 5.41) is 2.94. The average Bonchev–Trinajstić information content (AvgIpc) is 3.26. The second-order valence-corrected chi connectivity index (χ2v) is 6.46. The lowest BCUT2D eigenvalue weighted by Crippen LogP contribution is -2.30. The van der Waals surface area contributed by atoms with Crippen LogP contribution in [0.25, 0.3) is 11.3 Å². The highest BCUT2D eigenvalue weighted by Gasteiger charge is 2.18. The maximum atomic E-state index is 12.4. The molecule has 0 saturated carbocycles. The summed E-state index contributed by atoms with van der Waals surface area (Å²) in [5.74, 6) is 1.64. The van der Waals surface area contributed by atoms with Crippen molar-refractivity contribution in [3.8, 4) is 17.0 Å². The maximum Gasteiger partial charge on any atom is 0.265 e. The molecule has 1 atom stereocenters. The Bertz CT molecular complexity index is 918. The van der Waals surface area contributed by atoms with Gasteiger partial charge in [0.1, 0.15) is 11.6 Å². The molecule has 0 aliphatic carbocycles. The van der Waals surface area contributed by atoms with Gasteiger partial charge in [-0.3, -0.25) is 4.79 Å². The molecule has 1 N–H and O–H groups in total. The molecule has 2 aromatic carbocycles. The first-order valence-electron chi connectivity index (χ1n) is 8.88. The highest BCUT2D eigenvalue weighted by Crippen LogP contribution is 2.27. The summed E-state index contributed by atoms with van der Waals surface area (Å²) in [5.41, 5.74) is 2.91. The van der Waals surface area contributed by atoms with Crippen LogP contribution >= 0.6 is 0 Å². The molecule has 0 saturated heterocycles. The van der Waals surface area contributed by atoms with Crippen LogP contribution in [0.1, 0.15) is 19.2 Å². The Labute approximate surface area is 152 Å². The van der Waals surface area contributed by atoms with E-state index in [9.17, 15) is 4.79 Å². The number of hydrogen-bond acceptors (Lipinski definition) is 3. The largest absolute Gasteiger partial charge is 0.481 e. The highest BCUT2D eigenvalue weighted by molar-refractivity contribution is 5.94. The molecule has 4 rings (SSSR count). The number of rotatable bonds is 5. The molecule has 3 aromatic rings. The Kier molecular flexibility index (Phi) is 4.44. The zero-order valence-electron chi connectivity index (χ0n) is 14.7. The summed E-state index contributed by atoms with van der Waals surface area (Å²) in [4.78, 5) is 16.9. The lowest BCUT2D eigenvalue weighted by molar-refractivity contribution is -0.122. The van der Waals surface area contributed by atoms with Crippen LogP contribution in [-0.4, -0.2) is 21.6 Å². The molecule has 1 aromatic heterocycles. The minimum Gasteiger partial charge on any atom is -0.481 e. The maximum absolute atomic E-state index is 12.4. The summed E-state index contributed by atoms with van der Waals surface area (Å²) in [6.45, 7) is 2.75. The van der Waals surface area contributed by atoms with Crippen LogP contribution in [0, 0.1) is 0 Å². The van der Waals surface area contributed by atoms with Gasteiger partial charge in [-0.15, -0.1) is 0 Å². The molecular weight excluding hydrogens is 326 g/mol. The quantitative estimate of drug-likeness (QED) is 0.761. The number of benzene rings is 2. The van der Waals surface area contributed by atoms with E-state index in [1.54, 1.807) is 6.92 Å². The molecule has 1 aliphatic rings. The molecule has 5 heteroatoms. The van der Waals surface area contributed by atoms with Gasteiger partial charge < -0.3 is 14.6 Å². The number of fused-ring (bicyclic) bond motifs is 1. The molecule has 1 aliphatic heterocycles. The third kappa shape index (κ3) is 3.33. The number of anilines is 1. The molecule has 0 radical (unpaired) electrons. The summed E-state index contributed by atoms with van der Waals surface area (Å²) < 4.78 is 7.94. The number of aromatic nitrogens is 2. The molecule has 132 valence electrons.